The summed E-state index contributed by atoms with van der Waals surface area (Å²) in [5.41, 5.74) is 2.15. The minimum Gasteiger partial charge on any atom is -0.313 e. The second kappa shape index (κ2) is 5.73. The van der Waals surface area contributed by atoms with Gasteiger partial charge in [0, 0.05) is 25.0 Å². The lowest BCUT2D eigenvalue weighted by Crippen LogP contribution is -2.39. The molecule has 2 saturated carbocycles. The van der Waals surface area contributed by atoms with E-state index in [0.717, 1.165) is 12.0 Å². The Morgan fingerprint density at radius 3 is 2.52 bits per heavy atom. The first-order valence-corrected chi connectivity index (χ1v) is 8.85. The van der Waals surface area contributed by atoms with Gasteiger partial charge in [0.2, 0.25) is 0 Å². The van der Waals surface area contributed by atoms with Gasteiger partial charge in [0.25, 0.3) is 0 Å². The van der Waals surface area contributed by atoms with E-state index < -0.39 is 0 Å². The smallest absolute Gasteiger partial charge is 0.0143 e. The Bertz CT molecular complexity index is 460. The van der Waals surface area contributed by atoms with Crippen molar-refractivity contribution >= 4 is 0 Å². The quantitative estimate of drug-likeness (QED) is 0.861. The van der Waals surface area contributed by atoms with Crippen LogP contribution < -0.4 is 5.32 Å². The van der Waals surface area contributed by atoms with Gasteiger partial charge in [-0.2, -0.15) is 0 Å². The molecule has 1 N–H and O–H groups in total. The molecule has 0 amide bonds. The molecule has 2 nitrogen and oxygen atoms in total. The number of piperidine rings is 1. The van der Waals surface area contributed by atoms with Crippen LogP contribution in [-0.4, -0.2) is 37.1 Å². The van der Waals surface area contributed by atoms with Crippen LogP contribution in [0.2, 0.25) is 0 Å². The second-order valence-electron chi connectivity index (χ2n) is 7.58. The van der Waals surface area contributed by atoms with Crippen LogP contribution in [0.4, 0.5) is 0 Å². The maximum atomic E-state index is 3.87. The fourth-order valence-electron chi connectivity index (χ4n) is 4.00. The van der Waals surface area contributed by atoms with Gasteiger partial charge in [-0.15, -0.1) is 0 Å². The number of benzene rings is 1. The first kappa shape index (κ1) is 13.8. The maximum absolute atomic E-state index is 3.87. The van der Waals surface area contributed by atoms with Crippen molar-refractivity contribution in [2.75, 3.05) is 26.2 Å². The first-order valence-electron chi connectivity index (χ1n) is 8.85. The molecule has 1 heterocycles. The molecule has 114 valence electrons. The lowest BCUT2D eigenvalue weighted by molar-refractivity contribution is 0.183. The molecule has 4 rings (SSSR count). The molecular formula is C19H28N2. The standard InChI is InChI=1S/C19H28N2/c1-3-7-16(8-4-1)17-13-18(17)20-14-19(9-10-19)15-21-11-5-2-6-12-21/h1,3-4,7-8,17-18,20H,2,5-6,9-15H2/t17-,18+/m1/s1. The lowest BCUT2D eigenvalue weighted by atomic mass is 10.0. The van der Waals surface area contributed by atoms with Crippen molar-refractivity contribution in [3.63, 3.8) is 0 Å². The van der Waals surface area contributed by atoms with Gasteiger partial charge < -0.3 is 10.2 Å². The Kier molecular flexibility index (Phi) is 3.76. The van der Waals surface area contributed by atoms with Crippen molar-refractivity contribution in [2.24, 2.45) is 5.41 Å². The molecule has 1 saturated heterocycles. The normalized spacial score (nSPS) is 31.0. The maximum Gasteiger partial charge on any atom is 0.0143 e. The summed E-state index contributed by atoms with van der Waals surface area (Å²) >= 11 is 0. The fourth-order valence-corrected chi connectivity index (χ4v) is 4.00. The summed E-state index contributed by atoms with van der Waals surface area (Å²) in [6.45, 7) is 5.29. The monoisotopic (exact) mass is 284 g/mol. The summed E-state index contributed by atoms with van der Waals surface area (Å²) in [6, 6.07) is 11.8. The van der Waals surface area contributed by atoms with E-state index in [2.05, 4.69) is 40.5 Å². The van der Waals surface area contributed by atoms with Crippen molar-refractivity contribution in [1.29, 1.82) is 0 Å². The molecular weight excluding hydrogens is 256 g/mol. The average Bonchev–Trinajstić information content (AvgIpc) is 3.43. The van der Waals surface area contributed by atoms with E-state index in [-0.39, 0.29) is 0 Å². The average molecular weight is 284 g/mol. The third-order valence-electron chi connectivity index (χ3n) is 5.72. The van der Waals surface area contributed by atoms with E-state index in [4.69, 9.17) is 0 Å². The van der Waals surface area contributed by atoms with Gasteiger partial charge >= 0.3 is 0 Å². The molecule has 2 aliphatic carbocycles. The molecule has 2 atom stereocenters. The summed E-state index contributed by atoms with van der Waals surface area (Å²) in [5, 5.41) is 3.87. The van der Waals surface area contributed by atoms with Crippen LogP contribution >= 0.6 is 0 Å². The summed E-state index contributed by atoms with van der Waals surface area (Å²) in [6.07, 6.45) is 8.51. The largest absolute Gasteiger partial charge is 0.313 e. The highest BCUT2D eigenvalue weighted by molar-refractivity contribution is 5.27. The van der Waals surface area contributed by atoms with Crippen LogP contribution in [0.25, 0.3) is 0 Å². The van der Waals surface area contributed by atoms with Gasteiger partial charge in [-0.05, 0) is 56.2 Å². The predicted molar refractivity (Wildman–Crippen MR) is 87.5 cm³/mol. The minimum atomic E-state index is 0.626. The lowest BCUT2D eigenvalue weighted by Gasteiger charge is -2.30. The van der Waals surface area contributed by atoms with Gasteiger partial charge in [-0.1, -0.05) is 36.8 Å². The zero-order valence-electron chi connectivity index (χ0n) is 13.1. The molecule has 0 aromatic heterocycles. The van der Waals surface area contributed by atoms with E-state index in [9.17, 15) is 0 Å². The van der Waals surface area contributed by atoms with Crippen molar-refractivity contribution in [2.45, 2.75) is 50.5 Å². The molecule has 3 aliphatic rings. The van der Waals surface area contributed by atoms with E-state index in [1.54, 1.807) is 0 Å². The number of hydrogen-bond acceptors (Lipinski definition) is 2. The minimum absolute atomic E-state index is 0.626. The van der Waals surface area contributed by atoms with Gasteiger partial charge in [-0.25, -0.2) is 0 Å². The van der Waals surface area contributed by atoms with Crippen LogP contribution in [0.3, 0.4) is 0 Å². The van der Waals surface area contributed by atoms with E-state index >= 15 is 0 Å². The molecule has 3 fully saturated rings. The van der Waals surface area contributed by atoms with Crippen LogP contribution in [0.1, 0.15) is 50.0 Å². The Labute approximate surface area is 128 Å². The zero-order valence-corrected chi connectivity index (χ0v) is 13.1. The summed E-state index contributed by atoms with van der Waals surface area (Å²) < 4.78 is 0. The van der Waals surface area contributed by atoms with Gasteiger partial charge in [0.1, 0.15) is 0 Å². The molecule has 1 aliphatic heterocycles. The van der Waals surface area contributed by atoms with Crippen molar-refractivity contribution in [3.8, 4) is 0 Å². The molecule has 21 heavy (non-hydrogen) atoms. The third kappa shape index (κ3) is 3.32. The molecule has 1 aromatic rings. The van der Waals surface area contributed by atoms with Crippen LogP contribution in [0.5, 0.6) is 0 Å². The Hall–Kier alpha value is -0.860. The zero-order chi connectivity index (χ0) is 14.1. The first-order chi connectivity index (χ1) is 10.3. The fraction of sp³-hybridized carbons (Fsp3) is 0.684. The molecule has 0 spiro atoms. The number of hydrogen-bond donors (Lipinski definition) is 1. The molecule has 0 radical (unpaired) electrons. The van der Waals surface area contributed by atoms with Gasteiger partial charge in [0.05, 0.1) is 0 Å². The van der Waals surface area contributed by atoms with Crippen molar-refractivity contribution in [1.82, 2.24) is 10.2 Å². The molecule has 0 bridgehead atoms. The van der Waals surface area contributed by atoms with Crippen molar-refractivity contribution in [3.05, 3.63) is 35.9 Å². The van der Waals surface area contributed by atoms with E-state index in [1.165, 1.54) is 70.3 Å². The Morgan fingerprint density at radius 1 is 1.05 bits per heavy atom. The number of nitrogens with one attached hydrogen (secondary N) is 1. The molecule has 0 unspecified atom stereocenters. The molecule has 2 heteroatoms. The topological polar surface area (TPSA) is 15.3 Å². The number of rotatable bonds is 6. The summed E-state index contributed by atoms with van der Waals surface area (Å²) in [7, 11) is 0. The number of nitrogens with zero attached hydrogens (tertiary/aromatic N) is 1. The van der Waals surface area contributed by atoms with Crippen LogP contribution in [0, 0.1) is 5.41 Å². The second-order valence-corrected chi connectivity index (χ2v) is 7.58. The highest BCUT2D eigenvalue weighted by Crippen LogP contribution is 2.48. The van der Waals surface area contributed by atoms with Gasteiger partial charge in [-0.3, -0.25) is 0 Å². The van der Waals surface area contributed by atoms with E-state index in [0.29, 0.717) is 5.41 Å². The van der Waals surface area contributed by atoms with E-state index in [1.807, 2.05) is 0 Å². The highest BCUT2D eigenvalue weighted by Gasteiger charge is 2.46. The van der Waals surface area contributed by atoms with Crippen LogP contribution in [-0.2, 0) is 0 Å². The summed E-state index contributed by atoms with van der Waals surface area (Å²) in [5.74, 6) is 0.775. The van der Waals surface area contributed by atoms with Crippen LogP contribution in [0.15, 0.2) is 30.3 Å². The number of likely N-dealkylation sites (tertiary alicyclic amines) is 1. The predicted octanol–water partition coefficient (Wildman–Crippen LogP) is 3.40. The Balaban J connectivity index is 1.24. The summed E-state index contributed by atoms with van der Waals surface area (Å²) in [4.78, 5) is 2.72. The van der Waals surface area contributed by atoms with Gasteiger partial charge in [0.15, 0.2) is 0 Å². The molecule has 1 aromatic carbocycles. The third-order valence-corrected chi connectivity index (χ3v) is 5.72. The SMILES string of the molecule is c1ccc([C@H]2C[C@@H]2NCC2(CN3CCCCC3)CC2)cc1. The Morgan fingerprint density at radius 2 is 1.81 bits per heavy atom. The highest BCUT2D eigenvalue weighted by atomic mass is 15.1. The van der Waals surface area contributed by atoms with Crippen molar-refractivity contribution < 1.29 is 0 Å².